The Hall–Kier alpha value is -0.760. The van der Waals surface area contributed by atoms with Crippen LogP contribution in [-0.2, 0) is 6.54 Å². The van der Waals surface area contributed by atoms with Crippen molar-refractivity contribution in [1.82, 2.24) is 14.7 Å². The van der Waals surface area contributed by atoms with E-state index in [1.165, 1.54) is 0 Å². The van der Waals surface area contributed by atoms with Gasteiger partial charge in [0.15, 0.2) is 0 Å². The molecule has 1 unspecified atom stereocenters. The van der Waals surface area contributed by atoms with Crippen LogP contribution in [0.4, 0.5) is 4.39 Å². The first-order valence-electron chi connectivity index (χ1n) is 6.47. The van der Waals surface area contributed by atoms with Crippen molar-refractivity contribution in [1.29, 1.82) is 0 Å². The number of nitrogens with zero attached hydrogens (tertiary/aromatic N) is 3. The summed E-state index contributed by atoms with van der Waals surface area (Å²) in [5.74, 6) is -0.336. The van der Waals surface area contributed by atoms with Crippen molar-refractivity contribution in [3.05, 3.63) is 50.4 Å². The second-order valence-corrected chi connectivity index (χ2v) is 6.73. The topological polar surface area (TPSA) is 47.1 Å². The Kier molecular flexibility index (Phi) is 5.54. The molecule has 1 atom stereocenters. The van der Waals surface area contributed by atoms with Gasteiger partial charge in [-0.05, 0) is 52.0 Å². The molecule has 1 aromatic carbocycles. The van der Waals surface area contributed by atoms with Gasteiger partial charge in [-0.25, -0.2) is 4.39 Å². The van der Waals surface area contributed by atoms with Crippen LogP contribution in [0.3, 0.4) is 0 Å². The minimum Gasteiger partial charge on any atom is -0.319 e. The molecule has 2 rings (SSSR count). The molecule has 114 valence electrons. The minimum absolute atomic E-state index is 0.336. The van der Waals surface area contributed by atoms with Crippen LogP contribution >= 0.6 is 31.9 Å². The van der Waals surface area contributed by atoms with Crippen molar-refractivity contribution in [2.24, 2.45) is 5.73 Å². The zero-order valence-corrected chi connectivity index (χ0v) is 15.0. The Morgan fingerprint density at radius 2 is 2.05 bits per heavy atom. The summed E-state index contributed by atoms with van der Waals surface area (Å²) in [5, 5.41) is 4.32. The number of rotatable bonds is 5. The molecular weight excluding hydrogens is 403 g/mol. The Bertz CT molecular complexity index is 627. The molecule has 2 N–H and O–H groups in total. The van der Waals surface area contributed by atoms with Crippen molar-refractivity contribution in [3.8, 4) is 0 Å². The fourth-order valence-electron chi connectivity index (χ4n) is 2.06. The molecule has 0 spiro atoms. The molecule has 0 aliphatic heterocycles. The lowest BCUT2D eigenvalue weighted by atomic mass is 10.0. The fourth-order valence-corrected chi connectivity index (χ4v) is 2.99. The fraction of sp³-hybridized carbons (Fsp3) is 0.357. The lowest BCUT2D eigenvalue weighted by Gasteiger charge is -2.18. The number of likely N-dealkylation sites (N-methyl/N-ethyl adjacent to an activating group) is 1. The average Bonchev–Trinajstić information content (AvgIpc) is 2.80. The highest BCUT2D eigenvalue weighted by atomic mass is 79.9. The molecule has 1 heterocycles. The van der Waals surface area contributed by atoms with E-state index in [0.29, 0.717) is 16.6 Å². The Morgan fingerprint density at radius 3 is 2.71 bits per heavy atom. The van der Waals surface area contributed by atoms with Crippen LogP contribution in [0.25, 0.3) is 0 Å². The standard InChI is InChI=1S/C14H17Br2FN4/c1-20(2)6-7-21-14(11(16)8-19-21)13(18)9-4-3-5-10(15)12(9)17/h3-5,8,13H,6-7,18H2,1-2H3. The highest BCUT2D eigenvalue weighted by molar-refractivity contribution is 9.10. The normalized spacial score (nSPS) is 12.9. The molecular formula is C14H17Br2FN4. The van der Waals surface area contributed by atoms with E-state index in [4.69, 9.17) is 5.73 Å². The van der Waals surface area contributed by atoms with Gasteiger partial charge in [0, 0.05) is 12.1 Å². The summed E-state index contributed by atoms with van der Waals surface area (Å²) < 4.78 is 17.2. The SMILES string of the molecule is CN(C)CCn1ncc(Br)c1C(N)c1cccc(Br)c1F. The van der Waals surface area contributed by atoms with E-state index < -0.39 is 6.04 Å². The summed E-state index contributed by atoms with van der Waals surface area (Å²) in [6.45, 7) is 1.52. The minimum atomic E-state index is -0.582. The predicted molar refractivity (Wildman–Crippen MR) is 88.6 cm³/mol. The maximum absolute atomic E-state index is 14.2. The zero-order valence-electron chi connectivity index (χ0n) is 11.9. The van der Waals surface area contributed by atoms with E-state index in [0.717, 1.165) is 16.7 Å². The molecule has 0 saturated heterocycles. The smallest absolute Gasteiger partial charge is 0.142 e. The highest BCUT2D eigenvalue weighted by Crippen LogP contribution is 2.30. The highest BCUT2D eigenvalue weighted by Gasteiger charge is 2.22. The van der Waals surface area contributed by atoms with Crippen LogP contribution in [0.15, 0.2) is 33.3 Å². The van der Waals surface area contributed by atoms with Crippen LogP contribution in [0.2, 0.25) is 0 Å². The molecule has 0 amide bonds. The first kappa shape index (κ1) is 16.6. The van der Waals surface area contributed by atoms with Crippen molar-refractivity contribution in [2.45, 2.75) is 12.6 Å². The predicted octanol–water partition coefficient (Wildman–Crippen LogP) is 3.16. The lowest BCUT2D eigenvalue weighted by Crippen LogP contribution is -2.24. The number of halogens is 3. The van der Waals surface area contributed by atoms with E-state index >= 15 is 0 Å². The van der Waals surface area contributed by atoms with Gasteiger partial charge in [0.1, 0.15) is 5.82 Å². The first-order valence-corrected chi connectivity index (χ1v) is 8.06. The summed E-state index contributed by atoms with van der Waals surface area (Å²) in [6.07, 6.45) is 1.70. The molecule has 0 aliphatic rings. The average molecular weight is 420 g/mol. The molecule has 4 nitrogen and oxygen atoms in total. The molecule has 7 heteroatoms. The van der Waals surface area contributed by atoms with E-state index in [-0.39, 0.29) is 5.82 Å². The summed E-state index contributed by atoms with van der Waals surface area (Å²) in [7, 11) is 3.98. The Labute approximate surface area is 140 Å². The number of benzene rings is 1. The number of nitrogens with two attached hydrogens (primary N) is 1. The van der Waals surface area contributed by atoms with Gasteiger partial charge in [-0.1, -0.05) is 12.1 Å². The molecule has 2 aromatic rings. The summed E-state index contributed by atoms with van der Waals surface area (Å²) in [5.41, 5.74) is 7.49. The third kappa shape index (κ3) is 3.71. The molecule has 0 bridgehead atoms. The summed E-state index contributed by atoms with van der Waals surface area (Å²) >= 11 is 6.65. The monoisotopic (exact) mass is 418 g/mol. The van der Waals surface area contributed by atoms with Crippen molar-refractivity contribution in [2.75, 3.05) is 20.6 Å². The number of aromatic nitrogens is 2. The maximum atomic E-state index is 14.2. The number of hydrogen-bond acceptors (Lipinski definition) is 3. The molecule has 0 fully saturated rings. The Balaban J connectivity index is 2.36. The van der Waals surface area contributed by atoms with Gasteiger partial charge in [0.25, 0.3) is 0 Å². The van der Waals surface area contributed by atoms with Gasteiger partial charge in [0.2, 0.25) is 0 Å². The van der Waals surface area contributed by atoms with Gasteiger partial charge in [-0.3, -0.25) is 4.68 Å². The summed E-state index contributed by atoms with van der Waals surface area (Å²) in [6, 6.07) is 4.54. The van der Waals surface area contributed by atoms with Crippen LogP contribution in [0, 0.1) is 5.82 Å². The second-order valence-electron chi connectivity index (χ2n) is 5.02. The van der Waals surface area contributed by atoms with E-state index in [2.05, 4.69) is 41.9 Å². The largest absolute Gasteiger partial charge is 0.319 e. The van der Waals surface area contributed by atoms with Crippen LogP contribution in [0.5, 0.6) is 0 Å². The first-order chi connectivity index (χ1) is 9.91. The quantitative estimate of drug-likeness (QED) is 0.809. The van der Waals surface area contributed by atoms with Crippen molar-refractivity contribution >= 4 is 31.9 Å². The third-order valence-electron chi connectivity index (χ3n) is 3.20. The van der Waals surface area contributed by atoms with E-state index in [1.54, 1.807) is 24.4 Å². The van der Waals surface area contributed by atoms with Crippen molar-refractivity contribution in [3.63, 3.8) is 0 Å². The van der Waals surface area contributed by atoms with Crippen LogP contribution in [-0.4, -0.2) is 35.3 Å². The molecule has 0 aliphatic carbocycles. The molecule has 21 heavy (non-hydrogen) atoms. The zero-order chi connectivity index (χ0) is 15.6. The van der Waals surface area contributed by atoms with Gasteiger partial charge >= 0.3 is 0 Å². The van der Waals surface area contributed by atoms with E-state index in [1.807, 2.05) is 18.8 Å². The van der Waals surface area contributed by atoms with Gasteiger partial charge in [0.05, 0.1) is 33.4 Å². The number of hydrogen-bond donors (Lipinski definition) is 1. The molecule has 1 aromatic heterocycles. The van der Waals surface area contributed by atoms with Gasteiger partial charge in [-0.15, -0.1) is 0 Å². The maximum Gasteiger partial charge on any atom is 0.142 e. The van der Waals surface area contributed by atoms with Crippen LogP contribution in [0.1, 0.15) is 17.3 Å². The lowest BCUT2D eigenvalue weighted by molar-refractivity contribution is 0.367. The van der Waals surface area contributed by atoms with Crippen molar-refractivity contribution < 1.29 is 4.39 Å². The molecule has 0 radical (unpaired) electrons. The van der Waals surface area contributed by atoms with Gasteiger partial charge in [-0.2, -0.15) is 5.10 Å². The van der Waals surface area contributed by atoms with E-state index in [9.17, 15) is 4.39 Å². The Morgan fingerprint density at radius 1 is 1.33 bits per heavy atom. The summed E-state index contributed by atoms with van der Waals surface area (Å²) in [4.78, 5) is 2.06. The molecule has 0 saturated carbocycles. The van der Waals surface area contributed by atoms with Crippen LogP contribution < -0.4 is 5.73 Å². The second kappa shape index (κ2) is 7.00. The third-order valence-corrected chi connectivity index (χ3v) is 4.43. The van der Waals surface area contributed by atoms with Gasteiger partial charge < -0.3 is 10.6 Å².